The first-order valence-corrected chi connectivity index (χ1v) is 10.5. The lowest BCUT2D eigenvalue weighted by molar-refractivity contribution is -0.172. The molecule has 0 radical (unpaired) electrons. The minimum absolute atomic E-state index is 0.0295. The van der Waals surface area contributed by atoms with Crippen molar-refractivity contribution < 1.29 is 14.3 Å². The van der Waals surface area contributed by atoms with Crippen molar-refractivity contribution in [3.63, 3.8) is 0 Å². The molecule has 5 unspecified atom stereocenters. The fourth-order valence-corrected chi connectivity index (χ4v) is 8.36. The molecule has 8 atom stereocenters. The Hall–Kier alpha value is -1.38. The van der Waals surface area contributed by atoms with Crippen LogP contribution in [0.2, 0.25) is 0 Å². The highest BCUT2D eigenvalue weighted by Crippen LogP contribution is 2.78. The third kappa shape index (κ3) is 1.59. The molecule has 1 saturated heterocycles. The van der Waals surface area contributed by atoms with Gasteiger partial charge in [0.05, 0.1) is 0 Å². The second-order valence-corrected chi connectivity index (χ2v) is 10.4. The molecule has 0 aromatic rings. The van der Waals surface area contributed by atoms with Crippen molar-refractivity contribution in [1.29, 1.82) is 0 Å². The van der Waals surface area contributed by atoms with Gasteiger partial charge in [-0.3, -0.25) is 9.59 Å². The summed E-state index contributed by atoms with van der Waals surface area (Å²) in [5.74, 6) is 3.53. The van der Waals surface area contributed by atoms with Crippen LogP contribution in [0.5, 0.6) is 0 Å². The SMILES string of the molecule is C[C@]12CCC(=O)C=C1C=CC1C2CC[C@@]2(C)C1C1CC1[C@@]21CCC(=O)O1. The van der Waals surface area contributed by atoms with Crippen molar-refractivity contribution in [2.45, 2.75) is 64.4 Å². The summed E-state index contributed by atoms with van der Waals surface area (Å²) in [4.78, 5) is 24.0. The normalized spacial score (nSPS) is 56.4. The Labute approximate surface area is 155 Å². The summed E-state index contributed by atoms with van der Waals surface area (Å²) in [6.07, 6.45) is 13.5. The van der Waals surface area contributed by atoms with E-state index in [1.165, 1.54) is 24.8 Å². The molecule has 6 rings (SSSR count). The average molecular weight is 352 g/mol. The van der Waals surface area contributed by atoms with Crippen LogP contribution in [0.1, 0.15) is 58.8 Å². The minimum Gasteiger partial charge on any atom is -0.458 e. The van der Waals surface area contributed by atoms with E-state index in [0.717, 1.165) is 18.8 Å². The van der Waals surface area contributed by atoms with Crippen molar-refractivity contribution >= 4 is 11.8 Å². The van der Waals surface area contributed by atoms with E-state index in [-0.39, 0.29) is 22.4 Å². The number of allylic oxidation sites excluding steroid dienone is 4. The average Bonchev–Trinajstić information content (AvgIpc) is 3.24. The largest absolute Gasteiger partial charge is 0.458 e. The Morgan fingerprint density at radius 1 is 1.08 bits per heavy atom. The molecule has 1 spiro atoms. The van der Waals surface area contributed by atoms with E-state index in [1.54, 1.807) is 0 Å². The monoisotopic (exact) mass is 352 g/mol. The molecule has 5 aliphatic carbocycles. The Morgan fingerprint density at radius 3 is 2.69 bits per heavy atom. The van der Waals surface area contributed by atoms with Gasteiger partial charge in [0.1, 0.15) is 5.60 Å². The zero-order valence-electron chi connectivity index (χ0n) is 15.8. The summed E-state index contributed by atoms with van der Waals surface area (Å²) in [7, 11) is 0. The number of ether oxygens (including phenoxy) is 1. The highest BCUT2D eigenvalue weighted by Gasteiger charge is 2.78. The maximum absolute atomic E-state index is 12.1. The number of carbonyl (C=O) groups is 2. The lowest BCUT2D eigenvalue weighted by Gasteiger charge is -2.58. The van der Waals surface area contributed by atoms with Crippen molar-refractivity contribution in [3.8, 4) is 0 Å². The fraction of sp³-hybridized carbons (Fsp3) is 0.739. The van der Waals surface area contributed by atoms with Gasteiger partial charge in [-0.15, -0.1) is 0 Å². The molecule has 3 heteroatoms. The molecule has 1 heterocycles. The van der Waals surface area contributed by atoms with Gasteiger partial charge in [0.2, 0.25) is 0 Å². The first kappa shape index (κ1) is 15.7. The zero-order valence-corrected chi connectivity index (χ0v) is 15.8. The molecule has 0 aromatic carbocycles. The molecule has 6 aliphatic rings. The van der Waals surface area contributed by atoms with Gasteiger partial charge >= 0.3 is 5.97 Å². The second kappa shape index (κ2) is 4.54. The van der Waals surface area contributed by atoms with Crippen LogP contribution in [0, 0.1) is 40.4 Å². The Balaban J connectivity index is 1.44. The number of esters is 1. The van der Waals surface area contributed by atoms with Gasteiger partial charge in [0.25, 0.3) is 0 Å². The third-order valence-corrected chi connectivity index (χ3v) is 9.64. The molecular formula is C23H28O3. The molecule has 26 heavy (non-hydrogen) atoms. The van der Waals surface area contributed by atoms with Crippen LogP contribution in [0.3, 0.4) is 0 Å². The quantitative estimate of drug-likeness (QED) is 0.613. The maximum Gasteiger partial charge on any atom is 0.306 e. The number of hydrogen-bond donors (Lipinski definition) is 0. The van der Waals surface area contributed by atoms with Crippen molar-refractivity contribution in [2.75, 3.05) is 0 Å². The summed E-state index contributed by atoms with van der Waals surface area (Å²) in [5.41, 5.74) is 1.39. The fourth-order valence-electron chi connectivity index (χ4n) is 8.36. The molecule has 0 aromatic heterocycles. The number of hydrogen-bond acceptors (Lipinski definition) is 3. The summed E-state index contributed by atoms with van der Waals surface area (Å²) in [6, 6.07) is 0. The van der Waals surface area contributed by atoms with E-state index in [1.807, 2.05) is 6.08 Å². The molecule has 138 valence electrons. The topological polar surface area (TPSA) is 43.4 Å². The third-order valence-electron chi connectivity index (χ3n) is 9.64. The first-order valence-electron chi connectivity index (χ1n) is 10.5. The first-order chi connectivity index (χ1) is 12.4. The lowest BCUT2D eigenvalue weighted by atomic mass is 9.47. The van der Waals surface area contributed by atoms with Gasteiger partial charge < -0.3 is 4.74 Å². The summed E-state index contributed by atoms with van der Waals surface area (Å²) >= 11 is 0. The van der Waals surface area contributed by atoms with Crippen LogP contribution in [-0.2, 0) is 14.3 Å². The molecule has 1 aliphatic heterocycles. The molecule has 0 N–H and O–H groups in total. The molecule has 4 fully saturated rings. The van der Waals surface area contributed by atoms with E-state index in [2.05, 4.69) is 26.0 Å². The van der Waals surface area contributed by atoms with E-state index in [9.17, 15) is 9.59 Å². The van der Waals surface area contributed by atoms with Gasteiger partial charge in [-0.25, -0.2) is 0 Å². The number of fused-ring (bicyclic) bond motifs is 9. The van der Waals surface area contributed by atoms with E-state index < -0.39 is 0 Å². The van der Waals surface area contributed by atoms with Gasteiger partial charge in [0, 0.05) is 24.2 Å². The molecular weight excluding hydrogens is 324 g/mol. The predicted molar refractivity (Wildman–Crippen MR) is 97.0 cm³/mol. The van der Waals surface area contributed by atoms with E-state index in [0.29, 0.717) is 42.3 Å². The predicted octanol–water partition coefficient (Wildman–Crippen LogP) is 4.23. The van der Waals surface area contributed by atoms with Crippen molar-refractivity contribution in [3.05, 3.63) is 23.8 Å². The standard InChI is InChI=1S/C23H28O3/c1-21-8-5-14(24)11-13(21)3-4-15-17(21)6-9-22(2)20(15)16-12-18(16)23(22)10-7-19(25)26-23/h3-4,11,15-18,20H,5-10,12H2,1-2H3/t15?,16?,17?,18?,20?,21-,22-,23-/m0/s1. The molecule has 3 nitrogen and oxygen atoms in total. The van der Waals surface area contributed by atoms with Crippen molar-refractivity contribution in [1.82, 2.24) is 0 Å². The Bertz CT molecular complexity index is 793. The minimum atomic E-state index is -0.169. The summed E-state index contributed by atoms with van der Waals surface area (Å²) < 4.78 is 6.14. The van der Waals surface area contributed by atoms with Gasteiger partial charge in [-0.2, -0.15) is 0 Å². The van der Waals surface area contributed by atoms with Crippen LogP contribution in [-0.4, -0.2) is 17.4 Å². The molecule has 3 saturated carbocycles. The molecule has 0 bridgehead atoms. The molecule has 0 amide bonds. The van der Waals surface area contributed by atoms with Crippen LogP contribution in [0.15, 0.2) is 23.8 Å². The van der Waals surface area contributed by atoms with Gasteiger partial charge in [-0.05, 0) is 72.8 Å². The Morgan fingerprint density at radius 2 is 1.92 bits per heavy atom. The second-order valence-electron chi connectivity index (χ2n) is 10.4. The number of ketones is 1. The van der Waals surface area contributed by atoms with Crippen LogP contribution in [0.4, 0.5) is 0 Å². The maximum atomic E-state index is 12.1. The summed E-state index contributed by atoms with van der Waals surface area (Å²) in [5, 5.41) is 0. The van der Waals surface area contributed by atoms with Crippen LogP contribution < -0.4 is 0 Å². The van der Waals surface area contributed by atoms with Crippen molar-refractivity contribution in [2.24, 2.45) is 40.4 Å². The smallest absolute Gasteiger partial charge is 0.306 e. The van der Waals surface area contributed by atoms with Gasteiger partial charge in [-0.1, -0.05) is 26.0 Å². The van der Waals surface area contributed by atoms with E-state index >= 15 is 0 Å². The number of carbonyl (C=O) groups excluding carboxylic acids is 2. The Kier molecular flexibility index (Phi) is 2.73. The lowest BCUT2D eigenvalue weighted by Crippen LogP contribution is -2.56. The van der Waals surface area contributed by atoms with Crippen LogP contribution >= 0.6 is 0 Å². The zero-order chi connectivity index (χ0) is 17.9. The highest BCUT2D eigenvalue weighted by atomic mass is 16.6. The highest BCUT2D eigenvalue weighted by molar-refractivity contribution is 5.92. The van der Waals surface area contributed by atoms with E-state index in [4.69, 9.17) is 4.74 Å². The summed E-state index contributed by atoms with van der Waals surface area (Å²) in [6.45, 7) is 4.84. The number of rotatable bonds is 0. The van der Waals surface area contributed by atoms with Crippen LogP contribution in [0.25, 0.3) is 0 Å². The van der Waals surface area contributed by atoms with Gasteiger partial charge in [0.15, 0.2) is 5.78 Å².